The highest BCUT2D eigenvalue weighted by Gasteiger charge is 2.18. The Labute approximate surface area is 190 Å². The van der Waals surface area contributed by atoms with Crippen molar-refractivity contribution >= 4 is 33.6 Å². The SMILES string of the molecule is CCN(CC(=O)NCc1ccc(F)cc1)C(=O)Cn1c2ccccc2c(=O)c2ccccc21. The first-order valence-corrected chi connectivity index (χ1v) is 10.8. The number of amides is 2. The van der Waals surface area contributed by atoms with Crippen molar-refractivity contribution in [3.05, 3.63) is 94.4 Å². The quantitative estimate of drug-likeness (QED) is 0.443. The van der Waals surface area contributed by atoms with Gasteiger partial charge in [0.1, 0.15) is 12.4 Å². The summed E-state index contributed by atoms with van der Waals surface area (Å²) in [6, 6.07) is 20.3. The summed E-state index contributed by atoms with van der Waals surface area (Å²) in [6.45, 7) is 2.33. The second-order valence-electron chi connectivity index (χ2n) is 7.76. The Kier molecular flexibility index (Phi) is 6.49. The summed E-state index contributed by atoms with van der Waals surface area (Å²) in [4.78, 5) is 40.0. The highest BCUT2D eigenvalue weighted by Crippen LogP contribution is 2.19. The van der Waals surface area contributed by atoms with E-state index in [-0.39, 0.29) is 42.7 Å². The Morgan fingerprint density at radius 3 is 2.06 bits per heavy atom. The Morgan fingerprint density at radius 2 is 1.48 bits per heavy atom. The third-order valence-electron chi connectivity index (χ3n) is 5.64. The molecule has 0 bridgehead atoms. The molecule has 6 nitrogen and oxygen atoms in total. The molecule has 0 aliphatic heterocycles. The number of carbonyl (C=O) groups excluding carboxylic acids is 2. The summed E-state index contributed by atoms with van der Waals surface area (Å²) in [5.74, 6) is -0.868. The van der Waals surface area contributed by atoms with E-state index in [4.69, 9.17) is 0 Å². The average Bonchev–Trinajstić information content (AvgIpc) is 2.84. The third kappa shape index (κ3) is 4.77. The smallest absolute Gasteiger partial charge is 0.242 e. The lowest BCUT2D eigenvalue weighted by molar-refractivity contribution is -0.136. The van der Waals surface area contributed by atoms with Gasteiger partial charge in [0.05, 0.1) is 17.6 Å². The summed E-state index contributed by atoms with van der Waals surface area (Å²) >= 11 is 0. The first-order valence-electron chi connectivity index (χ1n) is 10.8. The molecule has 1 heterocycles. The van der Waals surface area contributed by atoms with E-state index < -0.39 is 0 Å². The molecule has 0 fully saturated rings. The van der Waals surface area contributed by atoms with Gasteiger partial charge in [0.15, 0.2) is 5.43 Å². The summed E-state index contributed by atoms with van der Waals surface area (Å²) < 4.78 is 14.9. The minimum atomic E-state index is -0.338. The lowest BCUT2D eigenvalue weighted by Gasteiger charge is -2.22. The van der Waals surface area contributed by atoms with E-state index in [1.165, 1.54) is 17.0 Å². The number of halogens is 1. The zero-order valence-electron chi connectivity index (χ0n) is 18.3. The van der Waals surface area contributed by atoms with Crippen molar-refractivity contribution < 1.29 is 14.0 Å². The van der Waals surface area contributed by atoms with Crippen LogP contribution in [0.4, 0.5) is 4.39 Å². The lowest BCUT2D eigenvalue weighted by Crippen LogP contribution is -2.42. The number of benzene rings is 3. The number of para-hydroxylation sites is 2. The van der Waals surface area contributed by atoms with Crippen LogP contribution in [-0.4, -0.2) is 34.4 Å². The molecule has 2 amide bonds. The van der Waals surface area contributed by atoms with E-state index in [1.54, 1.807) is 36.4 Å². The third-order valence-corrected chi connectivity index (χ3v) is 5.64. The van der Waals surface area contributed by atoms with Crippen LogP contribution in [0.2, 0.25) is 0 Å². The first kappa shape index (κ1) is 22.2. The highest BCUT2D eigenvalue weighted by atomic mass is 19.1. The molecule has 168 valence electrons. The van der Waals surface area contributed by atoms with Crippen LogP contribution in [0.5, 0.6) is 0 Å². The van der Waals surface area contributed by atoms with Crippen molar-refractivity contribution in [2.75, 3.05) is 13.1 Å². The minimum absolute atomic E-state index is 0.000386. The van der Waals surface area contributed by atoms with Crippen molar-refractivity contribution in [2.45, 2.75) is 20.0 Å². The topological polar surface area (TPSA) is 71.4 Å². The highest BCUT2D eigenvalue weighted by molar-refractivity contribution is 5.95. The molecule has 4 aromatic rings. The number of likely N-dealkylation sites (N-methyl/N-ethyl adjacent to an activating group) is 1. The molecule has 0 saturated carbocycles. The zero-order valence-corrected chi connectivity index (χ0v) is 18.3. The molecule has 0 aliphatic carbocycles. The standard InChI is InChI=1S/C26H24FN3O3/c1-2-29(16-24(31)28-15-18-11-13-19(27)14-12-18)25(32)17-30-22-9-5-3-7-20(22)26(33)21-8-4-6-10-23(21)30/h3-14H,2,15-17H2,1H3,(H,28,31). The monoisotopic (exact) mass is 445 g/mol. The minimum Gasteiger partial charge on any atom is -0.350 e. The predicted octanol–water partition coefficient (Wildman–Crippen LogP) is 3.46. The molecule has 4 rings (SSSR count). The van der Waals surface area contributed by atoms with Crippen LogP contribution in [0.15, 0.2) is 77.6 Å². The number of fused-ring (bicyclic) bond motifs is 2. The van der Waals surface area contributed by atoms with E-state index in [9.17, 15) is 18.8 Å². The number of hydrogen-bond acceptors (Lipinski definition) is 3. The van der Waals surface area contributed by atoms with Gasteiger partial charge < -0.3 is 14.8 Å². The van der Waals surface area contributed by atoms with Crippen LogP contribution in [-0.2, 0) is 22.7 Å². The molecule has 3 aromatic carbocycles. The zero-order chi connectivity index (χ0) is 23.4. The van der Waals surface area contributed by atoms with Gasteiger partial charge in [0.2, 0.25) is 11.8 Å². The molecule has 1 N–H and O–H groups in total. The van der Waals surface area contributed by atoms with Crippen LogP contribution in [0.3, 0.4) is 0 Å². The summed E-state index contributed by atoms with van der Waals surface area (Å²) in [6.07, 6.45) is 0. The van der Waals surface area contributed by atoms with Crippen molar-refractivity contribution in [1.82, 2.24) is 14.8 Å². The normalized spacial score (nSPS) is 11.0. The van der Waals surface area contributed by atoms with Gasteiger partial charge in [-0.25, -0.2) is 4.39 Å². The predicted molar refractivity (Wildman–Crippen MR) is 126 cm³/mol. The second-order valence-corrected chi connectivity index (χ2v) is 7.76. The van der Waals surface area contributed by atoms with E-state index in [0.717, 1.165) is 5.56 Å². The fourth-order valence-electron chi connectivity index (χ4n) is 3.89. The number of rotatable bonds is 7. The van der Waals surface area contributed by atoms with Gasteiger partial charge in [0.25, 0.3) is 0 Å². The van der Waals surface area contributed by atoms with Crippen molar-refractivity contribution in [2.24, 2.45) is 0 Å². The van der Waals surface area contributed by atoms with E-state index in [1.807, 2.05) is 35.8 Å². The van der Waals surface area contributed by atoms with E-state index >= 15 is 0 Å². The Balaban J connectivity index is 1.53. The number of hydrogen-bond donors (Lipinski definition) is 1. The Bertz CT molecular complexity index is 1320. The number of pyridine rings is 1. The second kappa shape index (κ2) is 9.65. The van der Waals surface area contributed by atoms with Gasteiger partial charge in [0, 0.05) is 23.9 Å². The fourth-order valence-corrected chi connectivity index (χ4v) is 3.89. The van der Waals surface area contributed by atoms with Crippen LogP contribution in [0, 0.1) is 5.82 Å². The van der Waals surface area contributed by atoms with Gasteiger partial charge in [-0.1, -0.05) is 36.4 Å². The number of aromatic nitrogens is 1. The number of nitrogens with one attached hydrogen (secondary N) is 1. The molecule has 7 heteroatoms. The van der Waals surface area contributed by atoms with Gasteiger partial charge in [-0.3, -0.25) is 14.4 Å². The van der Waals surface area contributed by atoms with Crippen LogP contribution in [0.1, 0.15) is 12.5 Å². The Hall–Kier alpha value is -4.00. The van der Waals surface area contributed by atoms with Crippen LogP contribution < -0.4 is 10.7 Å². The molecule has 1 aromatic heterocycles. The molecule has 0 aliphatic rings. The number of carbonyl (C=O) groups is 2. The lowest BCUT2D eigenvalue weighted by atomic mass is 10.1. The average molecular weight is 445 g/mol. The first-order chi connectivity index (χ1) is 16.0. The largest absolute Gasteiger partial charge is 0.350 e. The van der Waals surface area contributed by atoms with Gasteiger partial charge in [-0.15, -0.1) is 0 Å². The van der Waals surface area contributed by atoms with E-state index in [0.29, 0.717) is 28.4 Å². The molecule has 0 atom stereocenters. The molecule has 0 spiro atoms. The van der Waals surface area contributed by atoms with Gasteiger partial charge in [-0.2, -0.15) is 0 Å². The molecule has 0 saturated heterocycles. The summed E-state index contributed by atoms with van der Waals surface area (Å²) in [5, 5.41) is 3.86. The van der Waals surface area contributed by atoms with Crippen molar-refractivity contribution in [3.8, 4) is 0 Å². The molecule has 0 radical (unpaired) electrons. The van der Waals surface area contributed by atoms with Gasteiger partial charge >= 0.3 is 0 Å². The van der Waals surface area contributed by atoms with E-state index in [2.05, 4.69) is 5.32 Å². The molecular weight excluding hydrogens is 421 g/mol. The van der Waals surface area contributed by atoms with Crippen LogP contribution >= 0.6 is 0 Å². The van der Waals surface area contributed by atoms with Crippen molar-refractivity contribution in [1.29, 1.82) is 0 Å². The molecular formula is C26H24FN3O3. The summed E-state index contributed by atoms with van der Waals surface area (Å²) in [7, 11) is 0. The maximum atomic E-state index is 13.2. The maximum absolute atomic E-state index is 13.2. The van der Waals surface area contributed by atoms with Gasteiger partial charge in [-0.05, 0) is 48.9 Å². The fraction of sp³-hybridized carbons (Fsp3) is 0.192. The maximum Gasteiger partial charge on any atom is 0.242 e. The summed E-state index contributed by atoms with van der Waals surface area (Å²) in [5.41, 5.74) is 2.04. The Morgan fingerprint density at radius 1 is 0.909 bits per heavy atom. The van der Waals surface area contributed by atoms with Crippen LogP contribution in [0.25, 0.3) is 21.8 Å². The molecule has 33 heavy (non-hydrogen) atoms. The molecule has 0 unspecified atom stereocenters. The number of nitrogens with zero attached hydrogens (tertiary/aromatic N) is 2. The van der Waals surface area contributed by atoms with Crippen molar-refractivity contribution in [3.63, 3.8) is 0 Å².